The van der Waals surface area contributed by atoms with Crippen LogP contribution in [-0.2, 0) is 4.79 Å². The summed E-state index contributed by atoms with van der Waals surface area (Å²) in [5.74, 6) is 0.190. The zero-order chi connectivity index (χ0) is 13.9. The number of carbonyl (C=O) groups excluding carboxylic acids is 1. The fourth-order valence-corrected chi connectivity index (χ4v) is 2.77. The second kappa shape index (κ2) is 10.2. The van der Waals surface area contributed by atoms with Crippen molar-refractivity contribution in [3.05, 3.63) is 0 Å². The Morgan fingerprint density at radius 2 is 1.89 bits per heavy atom. The molecule has 0 bridgehead atoms. The van der Waals surface area contributed by atoms with Crippen molar-refractivity contribution in [1.82, 2.24) is 15.5 Å². The molecule has 0 aliphatic heterocycles. The smallest absolute Gasteiger partial charge is 0.220 e. The lowest BCUT2D eigenvalue weighted by atomic mass is 9.94. The van der Waals surface area contributed by atoms with Gasteiger partial charge < -0.3 is 15.5 Å². The third kappa shape index (κ3) is 7.53. The predicted molar refractivity (Wildman–Crippen MR) is 80.3 cm³/mol. The number of hydrogen-bond donors (Lipinski definition) is 2. The summed E-state index contributed by atoms with van der Waals surface area (Å²) in [6.07, 6.45) is 9.51. The average Bonchev–Trinajstić information content (AvgIpc) is 2.44. The topological polar surface area (TPSA) is 44.4 Å². The van der Waals surface area contributed by atoms with Crippen LogP contribution in [0.2, 0.25) is 0 Å². The quantitative estimate of drug-likeness (QED) is 0.627. The van der Waals surface area contributed by atoms with Crippen molar-refractivity contribution >= 4 is 5.91 Å². The number of amides is 1. The Morgan fingerprint density at radius 1 is 1.16 bits per heavy atom. The standard InChI is InChI=1S/C15H31N3O/c1-16-11-6-10-15(19)17-12-7-13-18(2)14-8-4-3-5-9-14/h14,16H,3-13H2,1-2H3,(H,17,19). The first-order valence-electron chi connectivity index (χ1n) is 7.85. The molecule has 1 rings (SSSR count). The van der Waals surface area contributed by atoms with Gasteiger partial charge in [0.2, 0.25) is 5.91 Å². The second-order valence-corrected chi connectivity index (χ2v) is 5.68. The molecule has 4 nitrogen and oxygen atoms in total. The first-order valence-corrected chi connectivity index (χ1v) is 7.85. The summed E-state index contributed by atoms with van der Waals surface area (Å²) in [6.45, 7) is 2.83. The summed E-state index contributed by atoms with van der Waals surface area (Å²) >= 11 is 0. The van der Waals surface area contributed by atoms with Crippen molar-refractivity contribution in [1.29, 1.82) is 0 Å². The van der Waals surface area contributed by atoms with E-state index < -0.39 is 0 Å². The minimum atomic E-state index is 0.190. The Morgan fingerprint density at radius 3 is 2.58 bits per heavy atom. The number of carbonyl (C=O) groups is 1. The van der Waals surface area contributed by atoms with Gasteiger partial charge in [0.15, 0.2) is 0 Å². The van der Waals surface area contributed by atoms with Gasteiger partial charge in [-0.25, -0.2) is 0 Å². The van der Waals surface area contributed by atoms with Crippen molar-refractivity contribution < 1.29 is 4.79 Å². The number of nitrogens with zero attached hydrogens (tertiary/aromatic N) is 1. The zero-order valence-corrected chi connectivity index (χ0v) is 12.7. The van der Waals surface area contributed by atoms with Gasteiger partial charge in [-0.15, -0.1) is 0 Å². The van der Waals surface area contributed by atoms with Crippen LogP contribution in [0.15, 0.2) is 0 Å². The van der Waals surface area contributed by atoms with E-state index >= 15 is 0 Å². The maximum absolute atomic E-state index is 11.5. The summed E-state index contributed by atoms with van der Waals surface area (Å²) in [5.41, 5.74) is 0. The highest BCUT2D eigenvalue weighted by Crippen LogP contribution is 2.21. The lowest BCUT2D eigenvalue weighted by molar-refractivity contribution is -0.121. The fourth-order valence-electron chi connectivity index (χ4n) is 2.77. The van der Waals surface area contributed by atoms with Crippen molar-refractivity contribution in [2.75, 3.05) is 33.7 Å². The van der Waals surface area contributed by atoms with Crippen LogP contribution in [0.4, 0.5) is 0 Å². The first kappa shape index (κ1) is 16.4. The molecule has 1 saturated carbocycles. The van der Waals surface area contributed by atoms with Crippen LogP contribution in [0, 0.1) is 0 Å². The van der Waals surface area contributed by atoms with Crippen LogP contribution in [0.3, 0.4) is 0 Å². The Kier molecular flexibility index (Phi) is 8.84. The maximum atomic E-state index is 11.5. The monoisotopic (exact) mass is 269 g/mol. The van der Waals surface area contributed by atoms with Gasteiger partial charge in [0.05, 0.1) is 0 Å². The molecule has 1 aliphatic carbocycles. The molecular formula is C15H31N3O. The number of hydrogen-bond acceptors (Lipinski definition) is 3. The molecule has 0 atom stereocenters. The van der Waals surface area contributed by atoms with Crippen LogP contribution >= 0.6 is 0 Å². The molecule has 0 spiro atoms. The Bertz CT molecular complexity index is 240. The maximum Gasteiger partial charge on any atom is 0.220 e. The molecular weight excluding hydrogens is 238 g/mol. The van der Waals surface area contributed by atoms with E-state index in [0.717, 1.165) is 38.5 Å². The molecule has 0 heterocycles. The SMILES string of the molecule is CNCCCC(=O)NCCCN(C)C1CCCCC1. The van der Waals surface area contributed by atoms with Gasteiger partial charge in [0.1, 0.15) is 0 Å². The minimum Gasteiger partial charge on any atom is -0.356 e. The van der Waals surface area contributed by atoms with Crippen LogP contribution in [0.5, 0.6) is 0 Å². The Labute approximate surface area is 118 Å². The summed E-state index contributed by atoms with van der Waals surface area (Å²) in [6, 6.07) is 0.778. The molecule has 0 aromatic carbocycles. The van der Waals surface area contributed by atoms with E-state index in [1.165, 1.54) is 32.1 Å². The summed E-state index contributed by atoms with van der Waals surface area (Å²) in [7, 11) is 4.14. The molecule has 0 aromatic heterocycles. The van der Waals surface area contributed by atoms with E-state index in [0.29, 0.717) is 6.42 Å². The predicted octanol–water partition coefficient (Wildman–Crippen LogP) is 1.76. The van der Waals surface area contributed by atoms with Crippen molar-refractivity contribution in [3.63, 3.8) is 0 Å². The van der Waals surface area contributed by atoms with Gasteiger partial charge in [-0.3, -0.25) is 4.79 Å². The van der Waals surface area contributed by atoms with Gasteiger partial charge in [-0.2, -0.15) is 0 Å². The van der Waals surface area contributed by atoms with Gasteiger partial charge in [0.25, 0.3) is 0 Å². The summed E-state index contributed by atoms with van der Waals surface area (Å²) in [4.78, 5) is 14.0. The van der Waals surface area contributed by atoms with Gasteiger partial charge in [-0.05, 0) is 52.9 Å². The first-order chi connectivity index (χ1) is 9.24. The van der Waals surface area contributed by atoms with Gasteiger partial charge >= 0.3 is 0 Å². The molecule has 0 saturated heterocycles. The van der Waals surface area contributed by atoms with Crippen LogP contribution in [0.25, 0.3) is 0 Å². The van der Waals surface area contributed by atoms with E-state index in [-0.39, 0.29) is 5.91 Å². The largest absolute Gasteiger partial charge is 0.356 e. The number of nitrogens with one attached hydrogen (secondary N) is 2. The Balaban J connectivity index is 1.98. The average molecular weight is 269 g/mol. The van der Waals surface area contributed by atoms with Crippen molar-refractivity contribution in [3.8, 4) is 0 Å². The van der Waals surface area contributed by atoms with Crippen molar-refractivity contribution in [2.45, 2.75) is 57.4 Å². The summed E-state index contributed by atoms with van der Waals surface area (Å²) in [5, 5.41) is 6.06. The highest BCUT2D eigenvalue weighted by atomic mass is 16.1. The molecule has 112 valence electrons. The van der Waals surface area contributed by atoms with Gasteiger partial charge in [0, 0.05) is 19.0 Å². The highest BCUT2D eigenvalue weighted by Gasteiger charge is 2.17. The van der Waals surface area contributed by atoms with Gasteiger partial charge in [-0.1, -0.05) is 19.3 Å². The van der Waals surface area contributed by atoms with E-state index in [4.69, 9.17) is 0 Å². The molecule has 0 radical (unpaired) electrons. The van der Waals surface area contributed by atoms with E-state index in [1.54, 1.807) is 0 Å². The lowest BCUT2D eigenvalue weighted by Crippen LogP contribution is -2.35. The zero-order valence-electron chi connectivity index (χ0n) is 12.7. The third-order valence-corrected chi connectivity index (χ3v) is 4.04. The molecule has 2 N–H and O–H groups in total. The summed E-state index contributed by atoms with van der Waals surface area (Å²) < 4.78 is 0. The number of rotatable bonds is 9. The lowest BCUT2D eigenvalue weighted by Gasteiger charge is -2.31. The van der Waals surface area contributed by atoms with E-state index in [1.807, 2.05) is 7.05 Å². The molecule has 0 aromatic rings. The minimum absolute atomic E-state index is 0.190. The molecule has 0 unspecified atom stereocenters. The van der Waals surface area contributed by atoms with Crippen LogP contribution in [0.1, 0.15) is 51.4 Å². The van der Waals surface area contributed by atoms with Crippen LogP contribution in [-0.4, -0.2) is 50.6 Å². The molecule has 4 heteroatoms. The Hall–Kier alpha value is -0.610. The van der Waals surface area contributed by atoms with Crippen LogP contribution < -0.4 is 10.6 Å². The fraction of sp³-hybridized carbons (Fsp3) is 0.933. The van der Waals surface area contributed by atoms with E-state index in [9.17, 15) is 4.79 Å². The molecule has 1 aliphatic rings. The third-order valence-electron chi connectivity index (χ3n) is 4.04. The second-order valence-electron chi connectivity index (χ2n) is 5.68. The normalized spacial score (nSPS) is 16.8. The molecule has 1 amide bonds. The molecule has 19 heavy (non-hydrogen) atoms. The van der Waals surface area contributed by atoms with E-state index in [2.05, 4.69) is 22.6 Å². The van der Waals surface area contributed by atoms with Crippen molar-refractivity contribution in [2.24, 2.45) is 0 Å². The molecule has 1 fully saturated rings. The highest BCUT2D eigenvalue weighted by molar-refractivity contribution is 5.75.